The molecule has 0 saturated carbocycles. The molecule has 0 aliphatic rings. The number of fused-ring (bicyclic) bond motifs is 1. The van der Waals surface area contributed by atoms with Crippen LogP contribution in [0.5, 0.6) is 5.75 Å². The van der Waals surface area contributed by atoms with Crippen molar-refractivity contribution in [2.75, 3.05) is 0 Å². The van der Waals surface area contributed by atoms with Crippen LogP contribution in [0.3, 0.4) is 0 Å². The van der Waals surface area contributed by atoms with Gasteiger partial charge in [0.2, 0.25) is 0 Å². The van der Waals surface area contributed by atoms with Crippen molar-refractivity contribution in [3.63, 3.8) is 0 Å². The monoisotopic (exact) mass is 522 g/mol. The van der Waals surface area contributed by atoms with E-state index in [9.17, 15) is 5.26 Å². The average molecular weight is 523 g/mol. The fourth-order valence-corrected chi connectivity index (χ4v) is 4.42. The predicted molar refractivity (Wildman–Crippen MR) is 143 cm³/mol. The van der Waals surface area contributed by atoms with E-state index in [-0.39, 0.29) is 0 Å². The third kappa shape index (κ3) is 4.77. The Morgan fingerprint density at radius 3 is 2.51 bits per heavy atom. The molecule has 5 aromatic rings. The van der Waals surface area contributed by atoms with E-state index in [1.807, 2.05) is 66.7 Å². The molecule has 0 spiro atoms. The number of para-hydroxylation sites is 2. The van der Waals surface area contributed by atoms with E-state index in [1.54, 1.807) is 0 Å². The first-order valence-electron chi connectivity index (χ1n) is 11.3. The van der Waals surface area contributed by atoms with Crippen molar-refractivity contribution in [2.24, 2.45) is 0 Å². The lowest BCUT2D eigenvalue weighted by Gasteiger charge is -2.11. The molecule has 35 heavy (non-hydrogen) atoms. The second kappa shape index (κ2) is 9.65. The maximum Gasteiger partial charge on any atom is 0.149 e. The van der Waals surface area contributed by atoms with Crippen molar-refractivity contribution in [1.82, 2.24) is 14.5 Å². The second-order valence-corrected chi connectivity index (χ2v) is 9.26. The highest BCUT2D eigenvalue weighted by Crippen LogP contribution is 2.27. The van der Waals surface area contributed by atoms with Crippen LogP contribution in [0.25, 0.3) is 28.4 Å². The number of aryl methyl sites for hydroxylation is 1. The van der Waals surface area contributed by atoms with E-state index in [4.69, 9.17) is 4.74 Å². The fraction of sp³-hybridized carbons (Fsp3) is 0.103. The van der Waals surface area contributed by atoms with Crippen LogP contribution in [0.2, 0.25) is 0 Å². The van der Waals surface area contributed by atoms with Crippen LogP contribution in [0.15, 0.2) is 83.3 Å². The Balaban J connectivity index is 1.38. The Morgan fingerprint density at radius 2 is 1.80 bits per heavy atom. The Labute approximate surface area is 212 Å². The summed E-state index contributed by atoms with van der Waals surface area (Å²) in [6.45, 7) is 4.64. The van der Waals surface area contributed by atoms with Crippen LogP contribution in [0.4, 0.5) is 0 Å². The number of halogens is 1. The van der Waals surface area contributed by atoms with Crippen molar-refractivity contribution >= 4 is 38.6 Å². The van der Waals surface area contributed by atoms with Crippen molar-refractivity contribution in [3.05, 3.63) is 112 Å². The summed E-state index contributed by atoms with van der Waals surface area (Å²) in [6.07, 6.45) is 1.90. The lowest BCUT2D eigenvalue weighted by atomic mass is 10.1. The number of ether oxygens (including phenoxy) is 1. The molecule has 0 radical (unpaired) electrons. The fourth-order valence-electron chi connectivity index (χ4n) is 4.16. The molecular weight excluding hydrogens is 500 g/mol. The standard InChI is InChI=1S/C29H23BrN4O/c1-19-15-22(16-23(17-31)29-32-27-5-3-4-6-28(27)33-29)20(2)34(19)25-11-13-26(14-12-25)35-18-21-7-9-24(30)10-8-21/h3-16H,18H2,1-2H3,(H,32,33)/b23-16-. The van der Waals surface area contributed by atoms with Crippen LogP contribution in [-0.4, -0.2) is 14.5 Å². The molecule has 172 valence electrons. The van der Waals surface area contributed by atoms with E-state index >= 15 is 0 Å². The Kier molecular flexibility index (Phi) is 6.26. The molecule has 0 aliphatic heterocycles. The number of hydrogen-bond donors (Lipinski definition) is 1. The maximum atomic E-state index is 9.83. The summed E-state index contributed by atoms with van der Waals surface area (Å²) >= 11 is 3.45. The molecule has 3 aromatic carbocycles. The normalized spacial score (nSPS) is 11.5. The minimum absolute atomic E-state index is 0.498. The zero-order valence-electron chi connectivity index (χ0n) is 19.4. The second-order valence-electron chi connectivity index (χ2n) is 8.34. The predicted octanol–water partition coefficient (Wildman–Crippen LogP) is 7.38. The number of rotatable bonds is 6. The van der Waals surface area contributed by atoms with E-state index in [1.165, 1.54) is 0 Å². The van der Waals surface area contributed by atoms with Crippen molar-refractivity contribution in [3.8, 4) is 17.5 Å². The highest BCUT2D eigenvalue weighted by atomic mass is 79.9. The zero-order valence-corrected chi connectivity index (χ0v) is 21.0. The summed E-state index contributed by atoms with van der Waals surface area (Å²) in [6, 6.07) is 28.3. The van der Waals surface area contributed by atoms with E-state index in [2.05, 4.69) is 68.6 Å². The summed E-state index contributed by atoms with van der Waals surface area (Å²) < 4.78 is 9.18. The van der Waals surface area contributed by atoms with Gasteiger partial charge in [-0.1, -0.05) is 40.2 Å². The minimum atomic E-state index is 0.498. The average Bonchev–Trinajstić information content (AvgIpc) is 3.42. The highest BCUT2D eigenvalue weighted by Gasteiger charge is 2.13. The first kappa shape index (κ1) is 22.7. The van der Waals surface area contributed by atoms with Crippen LogP contribution in [0.1, 0.15) is 28.3 Å². The molecule has 2 aromatic heterocycles. The van der Waals surface area contributed by atoms with Gasteiger partial charge in [-0.3, -0.25) is 0 Å². The van der Waals surface area contributed by atoms with Crippen molar-refractivity contribution in [2.45, 2.75) is 20.5 Å². The number of H-pyrrole nitrogens is 1. The molecule has 1 N–H and O–H groups in total. The maximum absolute atomic E-state index is 9.83. The summed E-state index contributed by atoms with van der Waals surface area (Å²) in [5.74, 6) is 1.39. The molecule has 0 unspecified atom stereocenters. The van der Waals surface area contributed by atoms with Gasteiger partial charge in [0.15, 0.2) is 0 Å². The van der Waals surface area contributed by atoms with Gasteiger partial charge in [0.1, 0.15) is 24.3 Å². The van der Waals surface area contributed by atoms with Gasteiger partial charge >= 0.3 is 0 Å². The molecule has 0 bridgehead atoms. The third-order valence-electron chi connectivity index (χ3n) is 5.95. The lowest BCUT2D eigenvalue weighted by Crippen LogP contribution is -2.00. The number of nitrogens with one attached hydrogen (secondary N) is 1. The molecule has 2 heterocycles. The Morgan fingerprint density at radius 1 is 1.06 bits per heavy atom. The molecule has 0 fully saturated rings. The van der Waals surface area contributed by atoms with Gasteiger partial charge in [0, 0.05) is 21.5 Å². The first-order chi connectivity index (χ1) is 17.0. The number of nitrogens with zero attached hydrogens (tertiary/aromatic N) is 3. The lowest BCUT2D eigenvalue weighted by molar-refractivity contribution is 0.306. The molecule has 0 amide bonds. The topological polar surface area (TPSA) is 66.6 Å². The van der Waals surface area contributed by atoms with Gasteiger partial charge in [0.05, 0.1) is 16.6 Å². The van der Waals surface area contributed by atoms with Crippen LogP contribution in [0, 0.1) is 25.2 Å². The van der Waals surface area contributed by atoms with Gasteiger partial charge in [0.25, 0.3) is 0 Å². The number of aromatic amines is 1. The SMILES string of the molecule is Cc1cc(/C=C(/C#N)c2nc3ccccc3[nH]2)c(C)n1-c1ccc(OCc2ccc(Br)cc2)cc1. The molecule has 6 heteroatoms. The number of hydrogen-bond acceptors (Lipinski definition) is 3. The summed E-state index contributed by atoms with van der Waals surface area (Å²) in [4.78, 5) is 7.83. The number of allylic oxidation sites excluding steroid dienone is 1. The van der Waals surface area contributed by atoms with Gasteiger partial charge in [-0.25, -0.2) is 4.98 Å². The number of aromatic nitrogens is 3. The summed E-state index contributed by atoms with van der Waals surface area (Å²) in [7, 11) is 0. The van der Waals surface area contributed by atoms with Crippen LogP contribution >= 0.6 is 15.9 Å². The molecule has 0 atom stereocenters. The molecule has 5 rings (SSSR count). The van der Waals surface area contributed by atoms with Gasteiger partial charge in [-0.05, 0) is 85.6 Å². The molecule has 0 aliphatic carbocycles. The molecular formula is C29H23BrN4O. The Hall–Kier alpha value is -4.08. The first-order valence-corrected chi connectivity index (χ1v) is 12.0. The summed E-state index contributed by atoms with van der Waals surface area (Å²) in [5.41, 5.74) is 7.52. The van der Waals surface area contributed by atoms with Crippen LogP contribution < -0.4 is 4.74 Å². The van der Waals surface area contributed by atoms with Gasteiger partial charge in [-0.2, -0.15) is 5.26 Å². The quantitative estimate of drug-likeness (QED) is 0.236. The van der Waals surface area contributed by atoms with E-state index in [0.29, 0.717) is 18.0 Å². The largest absolute Gasteiger partial charge is 0.489 e. The molecule has 0 saturated heterocycles. The zero-order chi connectivity index (χ0) is 24.4. The minimum Gasteiger partial charge on any atom is -0.489 e. The van der Waals surface area contributed by atoms with Gasteiger partial charge < -0.3 is 14.3 Å². The number of benzene rings is 3. The molecule has 5 nitrogen and oxygen atoms in total. The Bertz CT molecular complexity index is 1540. The highest BCUT2D eigenvalue weighted by molar-refractivity contribution is 9.10. The van der Waals surface area contributed by atoms with Crippen molar-refractivity contribution < 1.29 is 4.74 Å². The van der Waals surface area contributed by atoms with E-state index in [0.717, 1.165) is 49.5 Å². The van der Waals surface area contributed by atoms with Crippen LogP contribution in [-0.2, 0) is 6.61 Å². The number of imidazole rings is 1. The number of nitriles is 1. The van der Waals surface area contributed by atoms with Gasteiger partial charge in [-0.15, -0.1) is 0 Å². The third-order valence-corrected chi connectivity index (χ3v) is 6.48. The summed E-state index contributed by atoms with van der Waals surface area (Å²) in [5, 5.41) is 9.83. The smallest absolute Gasteiger partial charge is 0.149 e. The van der Waals surface area contributed by atoms with E-state index < -0.39 is 0 Å². The van der Waals surface area contributed by atoms with Crippen molar-refractivity contribution in [1.29, 1.82) is 5.26 Å².